The van der Waals surface area contributed by atoms with Gasteiger partial charge < -0.3 is 0 Å². The molecule has 0 radical (unpaired) electrons. The summed E-state index contributed by atoms with van der Waals surface area (Å²) in [5, 5.41) is 17.4. The Bertz CT molecular complexity index is 781. The molecule has 0 unspecified atom stereocenters. The average Bonchev–Trinajstić information content (AvgIpc) is 3.06. The molecule has 3 rings (SSSR count). The van der Waals surface area contributed by atoms with Crippen molar-refractivity contribution < 1.29 is 13.2 Å². The number of aromatic nitrogens is 8. The minimum absolute atomic E-state index is 0.0746. The van der Waals surface area contributed by atoms with E-state index in [4.69, 9.17) is 0 Å². The van der Waals surface area contributed by atoms with Gasteiger partial charge in [0.05, 0.1) is 0 Å². The number of thioether (sulfide) groups is 1. The highest BCUT2D eigenvalue weighted by Gasteiger charge is 2.36. The number of aryl methyl sites for hydroxylation is 2. The van der Waals surface area contributed by atoms with Crippen LogP contribution in [0.3, 0.4) is 0 Å². The smallest absolute Gasteiger partial charge is 0.216 e. The van der Waals surface area contributed by atoms with Gasteiger partial charge in [-0.3, -0.25) is 0 Å². The van der Waals surface area contributed by atoms with Crippen molar-refractivity contribution in [1.29, 1.82) is 0 Å². The Kier molecular flexibility index (Phi) is 3.68. The van der Waals surface area contributed by atoms with E-state index >= 15 is 0 Å². The molecule has 3 aromatic heterocycles. The molecule has 3 aromatic rings. The van der Waals surface area contributed by atoms with Gasteiger partial charge in [-0.25, -0.2) is 4.98 Å². The summed E-state index contributed by atoms with van der Waals surface area (Å²) in [6.45, 7) is 1.69. The molecule has 0 aliphatic heterocycles. The molecule has 116 valence electrons. The Morgan fingerprint density at radius 3 is 2.82 bits per heavy atom. The van der Waals surface area contributed by atoms with E-state index in [0.29, 0.717) is 28.7 Å². The predicted octanol–water partition coefficient (Wildman–Crippen LogP) is 1.30. The Hall–Kier alpha value is -2.24. The largest absolute Gasteiger partial charge is 0.453 e. The topological polar surface area (TPSA) is 97.5 Å². The van der Waals surface area contributed by atoms with E-state index < -0.39 is 12.0 Å². The summed E-state index contributed by atoms with van der Waals surface area (Å²) in [7, 11) is 0. The fraction of sp³-hybridized carbons (Fsp3) is 0.400. The normalized spacial score (nSPS) is 12.2. The van der Waals surface area contributed by atoms with Crippen molar-refractivity contribution in [3.05, 3.63) is 23.4 Å². The Balaban J connectivity index is 1.86. The maximum absolute atomic E-state index is 12.7. The molecule has 0 aliphatic rings. The van der Waals surface area contributed by atoms with Gasteiger partial charge in [-0.1, -0.05) is 5.21 Å². The van der Waals surface area contributed by atoms with Gasteiger partial charge in [0.15, 0.2) is 5.82 Å². The van der Waals surface area contributed by atoms with E-state index in [-0.39, 0.29) is 5.78 Å². The maximum atomic E-state index is 12.7. The van der Waals surface area contributed by atoms with Crippen LogP contribution in [0.5, 0.6) is 0 Å². The Morgan fingerprint density at radius 2 is 2.14 bits per heavy atom. The van der Waals surface area contributed by atoms with Crippen LogP contribution >= 0.6 is 11.8 Å². The molecule has 3 heterocycles. The van der Waals surface area contributed by atoms with Crippen LogP contribution < -0.4 is 0 Å². The molecule has 1 N–H and O–H groups in total. The highest BCUT2D eigenvalue weighted by molar-refractivity contribution is 7.99. The third kappa shape index (κ3) is 3.00. The standard InChI is InChI=1S/C10H9F3N8S/c1-5-4-7(22-3-2-6-16-19-20-17-6)21-9(14-5)15-8(18-21)10(11,12)13/h4H,2-3H2,1H3,(H,16,17,19,20). The zero-order chi connectivity index (χ0) is 15.7. The molecular weight excluding hydrogens is 321 g/mol. The van der Waals surface area contributed by atoms with Crippen LogP contribution in [0, 0.1) is 6.92 Å². The van der Waals surface area contributed by atoms with Crippen molar-refractivity contribution in [2.45, 2.75) is 24.5 Å². The summed E-state index contributed by atoms with van der Waals surface area (Å²) >= 11 is 1.32. The van der Waals surface area contributed by atoms with Crippen molar-refractivity contribution in [1.82, 2.24) is 40.2 Å². The number of hydrogen-bond acceptors (Lipinski definition) is 7. The quantitative estimate of drug-likeness (QED) is 0.569. The van der Waals surface area contributed by atoms with Crippen molar-refractivity contribution in [3.8, 4) is 0 Å². The Labute approximate surface area is 125 Å². The second-order valence-electron chi connectivity index (χ2n) is 4.31. The summed E-state index contributed by atoms with van der Waals surface area (Å²) in [6, 6.07) is 1.66. The van der Waals surface area contributed by atoms with Gasteiger partial charge >= 0.3 is 6.18 Å². The number of tetrazole rings is 1. The van der Waals surface area contributed by atoms with Gasteiger partial charge in [-0.05, 0) is 13.0 Å². The number of halogens is 3. The number of nitrogens with one attached hydrogen (secondary N) is 1. The first-order chi connectivity index (χ1) is 10.4. The van der Waals surface area contributed by atoms with E-state index in [1.54, 1.807) is 13.0 Å². The van der Waals surface area contributed by atoms with Crippen molar-refractivity contribution in [3.63, 3.8) is 0 Å². The second-order valence-corrected chi connectivity index (χ2v) is 5.42. The van der Waals surface area contributed by atoms with Crippen LogP contribution in [0.1, 0.15) is 17.3 Å². The molecular formula is C10H9F3N8S. The van der Waals surface area contributed by atoms with Crippen LogP contribution in [0.15, 0.2) is 11.1 Å². The summed E-state index contributed by atoms with van der Waals surface area (Å²) in [5.41, 5.74) is 0.565. The molecule has 0 aromatic carbocycles. The summed E-state index contributed by atoms with van der Waals surface area (Å²) in [6.07, 6.45) is -4.08. The molecule has 0 atom stereocenters. The molecule has 8 nitrogen and oxygen atoms in total. The molecule has 0 saturated heterocycles. The van der Waals surface area contributed by atoms with E-state index in [9.17, 15) is 13.2 Å². The van der Waals surface area contributed by atoms with Crippen molar-refractivity contribution in [2.24, 2.45) is 0 Å². The average molecular weight is 330 g/mol. The minimum atomic E-state index is -4.60. The van der Waals surface area contributed by atoms with Crippen LogP contribution in [0.4, 0.5) is 13.2 Å². The lowest BCUT2D eigenvalue weighted by Gasteiger charge is -2.03. The highest BCUT2D eigenvalue weighted by atomic mass is 32.2. The number of H-pyrrole nitrogens is 1. The fourth-order valence-corrected chi connectivity index (χ4v) is 2.70. The summed E-state index contributed by atoms with van der Waals surface area (Å²) < 4.78 is 39.2. The van der Waals surface area contributed by atoms with Gasteiger partial charge in [-0.15, -0.1) is 27.1 Å². The first-order valence-corrected chi connectivity index (χ1v) is 7.09. The van der Waals surface area contributed by atoms with E-state index in [1.165, 1.54) is 11.8 Å². The van der Waals surface area contributed by atoms with Crippen molar-refractivity contribution in [2.75, 3.05) is 5.75 Å². The number of rotatable bonds is 4. The lowest BCUT2D eigenvalue weighted by molar-refractivity contribution is -0.144. The Morgan fingerprint density at radius 1 is 1.32 bits per heavy atom. The number of alkyl halides is 3. The third-order valence-corrected chi connectivity index (χ3v) is 3.62. The zero-order valence-electron chi connectivity index (χ0n) is 11.2. The molecule has 12 heteroatoms. The van der Waals surface area contributed by atoms with Gasteiger partial charge in [0.1, 0.15) is 5.03 Å². The van der Waals surface area contributed by atoms with Gasteiger partial charge in [0.2, 0.25) is 0 Å². The number of fused-ring (bicyclic) bond motifs is 1. The molecule has 0 fully saturated rings. The van der Waals surface area contributed by atoms with Gasteiger partial charge in [0, 0.05) is 17.9 Å². The first kappa shape index (κ1) is 14.7. The first-order valence-electron chi connectivity index (χ1n) is 6.10. The van der Waals surface area contributed by atoms with Crippen molar-refractivity contribution >= 4 is 17.5 Å². The third-order valence-electron chi connectivity index (χ3n) is 2.63. The van der Waals surface area contributed by atoms with Crippen LogP contribution in [-0.2, 0) is 12.6 Å². The van der Waals surface area contributed by atoms with E-state index in [0.717, 1.165) is 4.52 Å². The molecule has 22 heavy (non-hydrogen) atoms. The zero-order valence-corrected chi connectivity index (χ0v) is 12.0. The van der Waals surface area contributed by atoms with Crippen LogP contribution in [-0.4, -0.2) is 46.0 Å². The summed E-state index contributed by atoms with van der Waals surface area (Å²) in [5.74, 6) is -0.191. The van der Waals surface area contributed by atoms with Gasteiger partial charge in [-0.2, -0.15) is 27.9 Å². The SMILES string of the molecule is Cc1cc(SCCc2nn[nH]n2)n2nc(C(F)(F)F)nc2n1. The second kappa shape index (κ2) is 5.51. The molecule has 0 amide bonds. The number of hydrogen-bond donors (Lipinski definition) is 1. The molecule has 0 spiro atoms. The van der Waals surface area contributed by atoms with E-state index in [2.05, 4.69) is 35.7 Å². The minimum Gasteiger partial charge on any atom is -0.216 e. The number of nitrogens with zero attached hydrogens (tertiary/aromatic N) is 7. The number of aromatic amines is 1. The predicted molar refractivity (Wildman–Crippen MR) is 69.1 cm³/mol. The molecule has 0 saturated carbocycles. The maximum Gasteiger partial charge on any atom is 0.453 e. The molecule has 0 bridgehead atoms. The lowest BCUT2D eigenvalue weighted by Crippen LogP contribution is -2.08. The monoisotopic (exact) mass is 330 g/mol. The lowest BCUT2D eigenvalue weighted by atomic mass is 10.5. The van der Waals surface area contributed by atoms with Crippen LogP contribution in [0.2, 0.25) is 0 Å². The highest BCUT2D eigenvalue weighted by Crippen LogP contribution is 2.28. The van der Waals surface area contributed by atoms with Crippen LogP contribution in [0.25, 0.3) is 5.78 Å². The fourth-order valence-electron chi connectivity index (χ4n) is 1.71. The van der Waals surface area contributed by atoms with Gasteiger partial charge in [0.25, 0.3) is 11.6 Å². The molecule has 0 aliphatic carbocycles. The summed E-state index contributed by atoms with van der Waals surface area (Å²) in [4.78, 5) is 7.39. The van der Waals surface area contributed by atoms with E-state index in [1.807, 2.05) is 0 Å².